The Morgan fingerprint density at radius 3 is 2.68 bits per heavy atom. The molecule has 0 bridgehead atoms. The molecule has 0 radical (unpaired) electrons. The van der Waals surface area contributed by atoms with E-state index in [9.17, 15) is 4.79 Å². The van der Waals surface area contributed by atoms with E-state index in [1.54, 1.807) is 18.2 Å². The number of rotatable bonds is 6. The van der Waals surface area contributed by atoms with Crippen LogP contribution in [0.1, 0.15) is 32.3 Å². The van der Waals surface area contributed by atoms with Crippen molar-refractivity contribution < 1.29 is 4.79 Å². The minimum Gasteiger partial charge on any atom is -0.375 e. The molecule has 0 fully saturated rings. The van der Waals surface area contributed by atoms with Gasteiger partial charge < -0.3 is 10.6 Å². The summed E-state index contributed by atoms with van der Waals surface area (Å²) in [5, 5.41) is 14.9. The second-order valence-corrected chi connectivity index (χ2v) is 5.15. The van der Waals surface area contributed by atoms with Crippen LogP contribution in [-0.4, -0.2) is 18.5 Å². The van der Waals surface area contributed by atoms with Crippen molar-refractivity contribution in [1.29, 1.82) is 5.26 Å². The summed E-state index contributed by atoms with van der Waals surface area (Å²) in [5.74, 6) is -0.0578. The van der Waals surface area contributed by atoms with Crippen LogP contribution in [0.5, 0.6) is 0 Å². The van der Waals surface area contributed by atoms with E-state index in [1.165, 1.54) is 0 Å². The lowest BCUT2D eigenvalue weighted by atomic mass is 10.1. The fourth-order valence-electron chi connectivity index (χ4n) is 1.71. The van der Waals surface area contributed by atoms with Gasteiger partial charge in [-0.05, 0) is 31.0 Å². The van der Waals surface area contributed by atoms with E-state index < -0.39 is 0 Å². The van der Waals surface area contributed by atoms with Gasteiger partial charge in [0.2, 0.25) is 5.91 Å². The quantitative estimate of drug-likeness (QED) is 0.845. The number of nitrogens with zero attached hydrogens (tertiary/aromatic N) is 1. The van der Waals surface area contributed by atoms with Crippen molar-refractivity contribution in [3.8, 4) is 6.07 Å². The zero-order valence-electron chi connectivity index (χ0n) is 11.2. The third kappa shape index (κ3) is 4.92. The molecular formula is C14H18BrN3O. The van der Waals surface area contributed by atoms with E-state index in [0.717, 1.165) is 17.3 Å². The number of carbonyl (C=O) groups is 1. The summed E-state index contributed by atoms with van der Waals surface area (Å²) in [6.07, 6.45) is 1.84. The van der Waals surface area contributed by atoms with Crippen molar-refractivity contribution in [3.05, 3.63) is 28.2 Å². The number of amides is 1. The highest BCUT2D eigenvalue weighted by atomic mass is 79.9. The molecule has 102 valence electrons. The Kier molecular flexibility index (Phi) is 6.37. The molecule has 0 spiro atoms. The molecule has 1 aromatic carbocycles. The molecule has 2 N–H and O–H groups in total. The number of nitriles is 1. The van der Waals surface area contributed by atoms with Gasteiger partial charge >= 0.3 is 0 Å². The van der Waals surface area contributed by atoms with Gasteiger partial charge in [0.05, 0.1) is 17.8 Å². The first-order chi connectivity index (χ1) is 9.10. The highest BCUT2D eigenvalue weighted by Crippen LogP contribution is 2.20. The van der Waals surface area contributed by atoms with Crippen molar-refractivity contribution in [3.63, 3.8) is 0 Å². The van der Waals surface area contributed by atoms with Crippen LogP contribution in [0.2, 0.25) is 0 Å². The van der Waals surface area contributed by atoms with Crippen molar-refractivity contribution in [2.75, 3.05) is 11.9 Å². The Balaban J connectivity index is 2.60. The zero-order valence-corrected chi connectivity index (χ0v) is 12.8. The maximum atomic E-state index is 11.8. The van der Waals surface area contributed by atoms with Gasteiger partial charge in [-0.2, -0.15) is 5.26 Å². The van der Waals surface area contributed by atoms with Crippen molar-refractivity contribution in [2.24, 2.45) is 0 Å². The van der Waals surface area contributed by atoms with Crippen LogP contribution in [0.15, 0.2) is 22.7 Å². The molecule has 0 saturated carbocycles. The summed E-state index contributed by atoms with van der Waals surface area (Å²) in [4.78, 5) is 11.8. The number of hydrogen-bond acceptors (Lipinski definition) is 3. The van der Waals surface area contributed by atoms with E-state index in [2.05, 4.69) is 32.6 Å². The molecule has 0 aromatic heterocycles. The van der Waals surface area contributed by atoms with Gasteiger partial charge in [-0.25, -0.2) is 0 Å². The smallest absolute Gasteiger partial charge is 0.239 e. The number of nitrogens with one attached hydrogen (secondary N) is 2. The lowest BCUT2D eigenvalue weighted by Gasteiger charge is -2.15. The molecule has 0 saturated heterocycles. The molecule has 1 rings (SSSR count). The fraction of sp³-hybridized carbons (Fsp3) is 0.429. The summed E-state index contributed by atoms with van der Waals surface area (Å²) in [6.45, 7) is 4.26. The second-order valence-electron chi connectivity index (χ2n) is 4.24. The van der Waals surface area contributed by atoms with E-state index in [0.29, 0.717) is 11.3 Å². The van der Waals surface area contributed by atoms with Crippen molar-refractivity contribution in [2.45, 2.75) is 32.7 Å². The molecule has 4 nitrogen and oxygen atoms in total. The highest BCUT2D eigenvalue weighted by molar-refractivity contribution is 9.10. The standard InChI is InChI=1S/C14H18BrN3O/c1-3-12(4-2)18-14(19)9-17-13-7-11(15)6-5-10(13)8-16/h5-7,12,17H,3-4,9H2,1-2H3,(H,18,19). The van der Waals surface area contributed by atoms with Crippen LogP contribution >= 0.6 is 15.9 Å². The molecule has 0 heterocycles. The SMILES string of the molecule is CCC(CC)NC(=O)CNc1cc(Br)ccc1C#N. The van der Waals surface area contributed by atoms with Crippen LogP contribution in [0.25, 0.3) is 0 Å². The monoisotopic (exact) mass is 323 g/mol. The van der Waals surface area contributed by atoms with E-state index >= 15 is 0 Å². The number of carbonyl (C=O) groups excluding carboxylic acids is 1. The highest BCUT2D eigenvalue weighted by Gasteiger charge is 2.09. The average Bonchev–Trinajstić information content (AvgIpc) is 2.42. The molecule has 0 atom stereocenters. The Bertz CT molecular complexity index is 478. The maximum absolute atomic E-state index is 11.8. The Morgan fingerprint density at radius 1 is 1.42 bits per heavy atom. The third-order valence-electron chi connectivity index (χ3n) is 2.89. The summed E-state index contributed by atoms with van der Waals surface area (Å²) in [7, 11) is 0. The first kappa shape index (κ1) is 15.5. The fourth-order valence-corrected chi connectivity index (χ4v) is 2.07. The number of anilines is 1. The van der Waals surface area contributed by atoms with E-state index in [-0.39, 0.29) is 18.5 Å². The Hall–Kier alpha value is -1.54. The van der Waals surface area contributed by atoms with Crippen LogP contribution in [0, 0.1) is 11.3 Å². The van der Waals surface area contributed by atoms with Gasteiger partial charge in [0.15, 0.2) is 0 Å². The average molecular weight is 324 g/mol. The lowest BCUT2D eigenvalue weighted by Crippen LogP contribution is -2.37. The van der Waals surface area contributed by atoms with Gasteiger partial charge in [0.1, 0.15) is 6.07 Å². The first-order valence-electron chi connectivity index (χ1n) is 6.33. The third-order valence-corrected chi connectivity index (χ3v) is 3.39. The van der Waals surface area contributed by atoms with Crippen LogP contribution in [0.3, 0.4) is 0 Å². The van der Waals surface area contributed by atoms with Crippen molar-refractivity contribution >= 4 is 27.5 Å². The minimum absolute atomic E-state index is 0.0578. The molecule has 1 amide bonds. The number of hydrogen-bond donors (Lipinski definition) is 2. The van der Waals surface area contributed by atoms with Gasteiger partial charge in [-0.1, -0.05) is 29.8 Å². The largest absolute Gasteiger partial charge is 0.375 e. The molecule has 0 unspecified atom stereocenters. The van der Waals surface area contributed by atoms with Crippen LogP contribution in [-0.2, 0) is 4.79 Å². The number of halogens is 1. The predicted octanol–water partition coefficient (Wildman–Crippen LogP) is 3.04. The molecule has 1 aromatic rings. The molecule has 0 aliphatic carbocycles. The second kappa shape index (κ2) is 7.80. The minimum atomic E-state index is -0.0578. The van der Waals surface area contributed by atoms with Gasteiger partial charge in [0.25, 0.3) is 0 Å². The number of benzene rings is 1. The summed E-state index contributed by atoms with van der Waals surface area (Å²) >= 11 is 3.35. The molecule has 19 heavy (non-hydrogen) atoms. The summed E-state index contributed by atoms with van der Waals surface area (Å²) in [5.41, 5.74) is 1.19. The predicted molar refractivity (Wildman–Crippen MR) is 79.9 cm³/mol. The van der Waals surface area contributed by atoms with Crippen molar-refractivity contribution in [1.82, 2.24) is 5.32 Å². The summed E-state index contributed by atoms with van der Waals surface area (Å²) < 4.78 is 0.870. The van der Waals surface area contributed by atoms with E-state index in [4.69, 9.17) is 5.26 Å². The van der Waals surface area contributed by atoms with Gasteiger partial charge in [-0.3, -0.25) is 4.79 Å². The molecule has 0 aliphatic heterocycles. The topological polar surface area (TPSA) is 64.9 Å². The molecular weight excluding hydrogens is 306 g/mol. The van der Waals surface area contributed by atoms with Gasteiger partial charge in [-0.15, -0.1) is 0 Å². The normalized spacial score (nSPS) is 10.1. The molecule has 0 aliphatic rings. The van der Waals surface area contributed by atoms with E-state index in [1.807, 2.05) is 13.8 Å². The Labute approximate surface area is 122 Å². The summed E-state index contributed by atoms with van der Waals surface area (Å²) in [6, 6.07) is 7.62. The van der Waals surface area contributed by atoms with Crippen LogP contribution in [0.4, 0.5) is 5.69 Å². The first-order valence-corrected chi connectivity index (χ1v) is 7.12. The van der Waals surface area contributed by atoms with Crippen LogP contribution < -0.4 is 10.6 Å². The maximum Gasteiger partial charge on any atom is 0.239 e. The zero-order chi connectivity index (χ0) is 14.3. The molecule has 5 heteroatoms. The lowest BCUT2D eigenvalue weighted by molar-refractivity contribution is -0.120. The Morgan fingerprint density at radius 2 is 2.11 bits per heavy atom. The van der Waals surface area contributed by atoms with Gasteiger partial charge in [0, 0.05) is 10.5 Å².